The molecular weight excluding hydrogens is 400 g/mol. The van der Waals surface area contributed by atoms with Gasteiger partial charge in [-0.1, -0.05) is 48.5 Å². The molecule has 0 unspecified atom stereocenters. The highest BCUT2D eigenvalue weighted by molar-refractivity contribution is 7.12. The van der Waals surface area contributed by atoms with Crippen LogP contribution in [0.5, 0.6) is 11.5 Å². The standard InChI is InChI=1S/C23H16N2O4S/c26-21-18-8-2-1-6-16(18)10-11-19(21)22(27)25-24-14-15-5-3-7-17(13-15)29-23(28)20-9-4-12-30-20/h1-14,26H,(H,25,27). The van der Waals surface area contributed by atoms with Crippen molar-refractivity contribution in [3.05, 3.63) is 94.2 Å². The van der Waals surface area contributed by atoms with Crippen LogP contribution in [-0.2, 0) is 0 Å². The van der Waals surface area contributed by atoms with Crippen LogP contribution in [0.4, 0.5) is 0 Å². The van der Waals surface area contributed by atoms with Gasteiger partial charge in [0.25, 0.3) is 5.91 Å². The van der Waals surface area contributed by atoms with Crippen molar-refractivity contribution >= 4 is 40.2 Å². The summed E-state index contributed by atoms with van der Waals surface area (Å²) in [6, 6.07) is 20.8. The molecule has 6 nitrogen and oxygen atoms in total. The maximum Gasteiger partial charge on any atom is 0.353 e. The molecule has 0 aliphatic heterocycles. The highest BCUT2D eigenvalue weighted by Gasteiger charge is 2.13. The molecule has 2 N–H and O–H groups in total. The van der Waals surface area contributed by atoms with Crippen molar-refractivity contribution in [3.8, 4) is 11.5 Å². The smallest absolute Gasteiger partial charge is 0.353 e. The first-order valence-electron chi connectivity index (χ1n) is 9.02. The van der Waals surface area contributed by atoms with E-state index in [-0.39, 0.29) is 11.3 Å². The topological polar surface area (TPSA) is 88.0 Å². The van der Waals surface area contributed by atoms with Crippen LogP contribution in [0.2, 0.25) is 0 Å². The summed E-state index contributed by atoms with van der Waals surface area (Å²) in [6.45, 7) is 0. The molecular formula is C23H16N2O4S. The Morgan fingerprint density at radius 2 is 1.87 bits per heavy atom. The molecule has 0 radical (unpaired) electrons. The lowest BCUT2D eigenvalue weighted by Crippen LogP contribution is -2.17. The zero-order chi connectivity index (χ0) is 20.9. The second-order valence-corrected chi connectivity index (χ2v) is 7.27. The molecule has 0 fully saturated rings. The summed E-state index contributed by atoms with van der Waals surface area (Å²) in [5, 5.41) is 17.5. The van der Waals surface area contributed by atoms with Crippen molar-refractivity contribution in [1.29, 1.82) is 0 Å². The molecule has 148 valence electrons. The van der Waals surface area contributed by atoms with Gasteiger partial charge in [0, 0.05) is 5.39 Å². The van der Waals surface area contributed by atoms with Crippen molar-refractivity contribution in [2.75, 3.05) is 0 Å². The number of fused-ring (bicyclic) bond motifs is 1. The highest BCUT2D eigenvalue weighted by atomic mass is 32.1. The van der Waals surface area contributed by atoms with Crippen molar-refractivity contribution < 1.29 is 19.4 Å². The van der Waals surface area contributed by atoms with E-state index >= 15 is 0 Å². The summed E-state index contributed by atoms with van der Waals surface area (Å²) >= 11 is 1.30. The van der Waals surface area contributed by atoms with E-state index in [1.54, 1.807) is 66.0 Å². The number of aromatic hydroxyl groups is 1. The summed E-state index contributed by atoms with van der Waals surface area (Å²) in [4.78, 5) is 24.9. The lowest BCUT2D eigenvalue weighted by atomic mass is 10.1. The Labute approximate surface area is 176 Å². The van der Waals surface area contributed by atoms with E-state index in [4.69, 9.17) is 4.74 Å². The van der Waals surface area contributed by atoms with Crippen molar-refractivity contribution in [2.24, 2.45) is 5.10 Å². The van der Waals surface area contributed by atoms with Crippen LogP contribution in [0.1, 0.15) is 25.6 Å². The number of nitrogens with zero attached hydrogens (tertiary/aromatic N) is 1. The van der Waals surface area contributed by atoms with Gasteiger partial charge in [-0.3, -0.25) is 4.79 Å². The van der Waals surface area contributed by atoms with Gasteiger partial charge in [0.2, 0.25) is 0 Å². The quantitative estimate of drug-likeness (QED) is 0.216. The number of hydrazone groups is 1. The lowest BCUT2D eigenvalue weighted by molar-refractivity contribution is 0.0739. The Bertz CT molecular complexity index is 1250. The first-order valence-corrected chi connectivity index (χ1v) is 9.89. The van der Waals surface area contributed by atoms with Gasteiger partial charge < -0.3 is 9.84 Å². The third-order valence-corrected chi connectivity index (χ3v) is 5.17. The number of nitrogens with one attached hydrogen (secondary N) is 1. The molecule has 0 spiro atoms. The summed E-state index contributed by atoms with van der Waals surface area (Å²) < 4.78 is 5.34. The van der Waals surface area contributed by atoms with E-state index in [0.717, 1.165) is 5.39 Å². The molecule has 3 aromatic carbocycles. The molecule has 0 atom stereocenters. The van der Waals surface area contributed by atoms with Crippen LogP contribution in [0.25, 0.3) is 10.8 Å². The average Bonchev–Trinajstić information content (AvgIpc) is 3.30. The van der Waals surface area contributed by atoms with Gasteiger partial charge >= 0.3 is 5.97 Å². The second kappa shape index (κ2) is 8.59. The van der Waals surface area contributed by atoms with Crippen LogP contribution < -0.4 is 10.2 Å². The van der Waals surface area contributed by atoms with E-state index in [1.807, 2.05) is 12.1 Å². The fraction of sp³-hybridized carbons (Fsp3) is 0. The Kier molecular flexibility index (Phi) is 5.54. The predicted molar refractivity (Wildman–Crippen MR) is 116 cm³/mol. The first-order chi connectivity index (χ1) is 14.6. The minimum Gasteiger partial charge on any atom is -0.506 e. The van der Waals surface area contributed by atoms with E-state index < -0.39 is 11.9 Å². The maximum absolute atomic E-state index is 12.4. The Morgan fingerprint density at radius 1 is 1.00 bits per heavy atom. The monoisotopic (exact) mass is 416 g/mol. The zero-order valence-corrected chi connectivity index (χ0v) is 16.4. The van der Waals surface area contributed by atoms with Crippen molar-refractivity contribution in [2.45, 2.75) is 0 Å². The number of hydrogen-bond acceptors (Lipinski definition) is 6. The fourth-order valence-electron chi connectivity index (χ4n) is 2.87. The molecule has 7 heteroatoms. The van der Waals surface area contributed by atoms with E-state index in [1.165, 1.54) is 17.6 Å². The number of benzene rings is 3. The summed E-state index contributed by atoms with van der Waals surface area (Å²) in [5.41, 5.74) is 3.16. The van der Waals surface area contributed by atoms with Crippen LogP contribution in [0.15, 0.2) is 83.3 Å². The van der Waals surface area contributed by atoms with E-state index in [2.05, 4.69) is 10.5 Å². The zero-order valence-electron chi connectivity index (χ0n) is 15.6. The Balaban J connectivity index is 1.44. The predicted octanol–water partition coefficient (Wildman–Crippen LogP) is 4.59. The number of phenolic OH excluding ortho intramolecular Hbond substituents is 1. The van der Waals surface area contributed by atoms with Crippen LogP contribution in [0.3, 0.4) is 0 Å². The minimum absolute atomic E-state index is 0.0942. The normalized spacial score (nSPS) is 10.9. The maximum atomic E-state index is 12.4. The number of amides is 1. The lowest BCUT2D eigenvalue weighted by Gasteiger charge is -2.06. The Morgan fingerprint density at radius 3 is 2.70 bits per heavy atom. The molecule has 0 aliphatic rings. The third kappa shape index (κ3) is 4.21. The van der Waals surface area contributed by atoms with Gasteiger partial charge in [-0.05, 0) is 40.6 Å². The van der Waals surface area contributed by atoms with E-state index in [9.17, 15) is 14.7 Å². The number of carbonyl (C=O) groups excluding carboxylic acids is 2. The molecule has 1 aromatic heterocycles. The van der Waals surface area contributed by atoms with Crippen molar-refractivity contribution in [3.63, 3.8) is 0 Å². The van der Waals surface area contributed by atoms with Gasteiger partial charge in [0.1, 0.15) is 16.4 Å². The molecule has 1 amide bonds. The number of ether oxygens (including phenoxy) is 1. The molecule has 0 saturated carbocycles. The number of esters is 1. The molecule has 4 aromatic rings. The minimum atomic E-state index is -0.533. The van der Waals surface area contributed by atoms with E-state index in [0.29, 0.717) is 21.6 Å². The molecule has 30 heavy (non-hydrogen) atoms. The van der Waals surface area contributed by atoms with Crippen LogP contribution in [0, 0.1) is 0 Å². The third-order valence-electron chi connectivity index (χ3n) is 4.32. The molecule has 1 heterocycles. The van der Waals surface area contributed by atoms with Crippen LogP contribution >= 0.6 is 11.3 Å². The molecule has 0 aliphatic carbocycles. The molecule has 0 saturated heterocycles. The highest BCUT2D eigenvalue weighted by Crippen LogP contribution is 2.28. The summed E-state index contributed by atoms with van der Waals surface area (Å²) in [5.74, 6) is -0.687. The van der Waals surface area contributed by atoms with Gasteiger partial charge in [-0.2, -0.15) is 5.10 Å². The van der Waals surface area contributed by atoms with Crippen LogP contribution in [-0.4, -0.2) is 23.2 Å². The Hall–Kier alpha value is -3.97. The fourth-order valence-corrected chi connectivity index (χ4v) is 3.47. The first kappa shape index (κ1) is 19.4. The number of phenols is 1. The number of hydrogen-bond donors (Lipinski definition) is 2. The number of carbonyl (C=O) groups is 2. The van der Waals surface area contributed by atoms with Crippen molar-refractivity contribution in [1.82, 2.24) is 5.43 Å². The number of thiophene rings is 1. The average molecular weight is 416 g/mol. The second-order valence-electron chi connectivity index (χ2n) is 6.32. The summed E-state index contributed by atoms with van der Waals surface area (Å²) in [6.07, 6.45) is 1.43. The molecule has 0 bridgehead atoms. The largest absolute Gasteiger partial charge is 0.506 e. The molecule has 4 rings (SSSR count). The number of rotatable bonds is 5. The van der Waals surface area contributed by atoms with Gasteiger partial charge in [-0.15, -0.1) is 11.3 Å². The van der Waals surface area contributed by atoms with Gasteiger partial charge in [0.05, 0.1) is 11.8 Å². The van der Waals surface area contributed by atoms with Gasteiger partial charge in [-0.25, -0.2) is 10.2 Å². The SMILES string of the molecule is O=C(Oc1cccc(C=NNC(=O)c2ccc3ccccc3c2O)c1)c1cccs1. The van der Waals surface area contributed by atoms with Gasteiger partial charge in [0.15, 0.2) is 0 Å². The summed E-state index contributed by atoms with van der Waals surface area (Å²) in [7, 11) is 0.